The molecule has 7 nitrogen and oxygen atoms in total. The minimum atomic E-state index is -0.205. The molecule has 8 heteroatoms. The smallest absolute Gasteiger partial charge is 0.281 e. The first-order chi connectivity index (χ1) is 12.1. The summed E-state index contributed by atoms with van der Waals surface area (Å²) in [7, 11) is 0. The molecule has 0 spiro atoms. The van der Waals surface area contributed by atoms with Gasteiger partial charge in [0.05, 0.1) is 17.4 Å². The lowest BCUT2D eigenvalue weighted by Crippen LogP contribution is -2.35. The number of amides is 2. The number of H-pyrrole nitrogens is 1. The molecule has 1 fully saturated rings. The van der Waals surface area contributed by atoms with Crippen LogP contribution >= 0.6 is 11.8 Å². The highest BCUT2D eigenvalue weighted by Crippen LogP contribution is 2.17. The van der Waals surface area contributed by atoms with Crippen molar-refractivity contribution in [3.05, 3.63) is 40.4 Å². The molecular weight excluding hydrogens is 340 g/mol. The van der Waals surface area contributed by atoms with Gasteiger partial charge in [0.25, 0.3) is 10.8 Å². The second-order valence-electron chi connectivity index (χ2n) is 5.79. The van der Waals surface area contributed by atoms with Gasteiger partial charge in [-0.15, -0.1) is 0 Å². The highest BCUT2D eigenvalue weighted by molar-refractivity contribution is 8.13. The Morgan fingerprint density at radius 2 is 2.16 bits per heavy atom. The summed E-state index contributed by atoms with van der Waals surface area (Å²) in [4.78, 5) is 46.7. The third-order valence-electron chi connectivity index (χ3n) is 4.18. The van der Waals surface area contributed by atoms with Crippen molar-refractivity contribution in [3.63, 3.8) is 0 Å². The van der Waals surface area contributed by atoms with E-state index >= 15 is 0 Å². The predicted molar refractivity (Wildman–Crippen MR) is 97.5 cm³/mol. The van der Waals surface area contributed by atoms with Gasteiger partial charge >= 0.3 is 0 Å². The average Bonchev–Trinajstić information content (AvgIpc) is 3.02. The Bertz CT molecular complexity index is 851. The van der Waals surface area contributed by atoms with E-state index in [-0.39, 0.29) is 29.7 Å². The van der Waals surface area contributed by atoms with E-state index in [1.807, 2.05) is 13.0 Å². The van der Waals surface area contributed by atoms with Crippen molar-refractivity contribution in [3.8, 4) is 0 Å². The normalized spacial score (nSPS) is 14.3. The zero-order valence-corrected chi connectivity index (χ0v) is 14.8. The second kappa shape index (κ2) is 7.69. The molecule has 2 amide bonds. The first-order valence-corrected chi connectivity index (χ1v) is 9.24. The molecule has 132 valence electrons. The van der Waals surface area contributed by atoms with E-state index in [0.29, 0.717) is 36.4 Å². The Labute approximate surface area is 149 Å². The van der Waals surface area contributed by atoms with Gasteiger partial charge in [-0.25, -0.2) is 4.98 Å². The summed E-state index contributed by atoms with van der Waals surface area (Å²) < 4.78 is 0. The number of benzene rings is 1. The Morgan fingerprint density at radius 1 is 1.36 bits per heavy atom. The molecule has 0 bridgehead atoms. The number of fused-ring (bicyclic) bond motifs is 1. The van der Waals surface area contributed by atoms with Crippen LogP contribution in [0.1, 0.15) is 19.2 Å². The first-order valence-electron chi connectivity index (χ1n) is 8.26. The van der Waals surface area contributed by atoms with E-state index in [1.54, 1.807) is 28.0 Å². The SMILES string of the molecule is CCN(Cc1nc2ccccc2c(=O)[nH]1)C(=O)CCN1CCSC1=O. The molecule has 1 saturated heterocycles. The number of aromatic amines is 1. The number of thioether (sulfide) groups is 1. The fourth-order valence-electron chi connectivity index (χ4n) is 2.78. The van der Waals surface area contributed by atoms with Crippen molar-refractivity contribution in [1.29, 1.82) is 0 Å². The molecule has 0 saturated carbocycles. The fourth-order valence-corrected chi connectivity index (χ4v) is 3.64. The maximum atomic E-state index is 12.5. The summed E-state index contributed by atoms with van der Waals surface area (Å²) in [5.74, 6) is 1.20. The highest BCUT2D eigenvalue weighted by Gasteiger charge is 2.22. The number of hydrogen-bond acceptors (Lipinski definition) is 5. The van der Waals surface area contributed by atoms with Gasteiger partial charge in [-0.2, -0.15) is 0 Å². The molecule has 3 rings (SSSR count). The average molecular weight is 360 g/mol. The summed E-state index contributed by atoms with van der Waals surface area (Å²) in [5, 5.41) is 0.571. The molecule has 0 unspecified atom stereocenters. The van der Waals surface area contributed by atoms with Gasteiger partial charge in [-0.1, -0.05) is 23.9 Å². The lowest BCUT2D eigenvalue weighted by atomic mass is 10.2. The minimum Gasteiger partial charge on any atom is -0.335 e. The number of carbonyl (C=O) groups excluding carboxylic acids is 2. The van der Waals surface area contributed by atoms with E-state index < -0.39 is 0 Å². The summed E-state index contributed by atoms with van der Waals surface area (Å²) in [6.07, 6.45) is 0.276. The molecule has 25 heavy (non-hydrogen) atoms. The monoisotopic (exact) mass is 360 g/mol. The quantitative estimate of drug-likeness (QED) is 0.849. The molecule has 1 aliphatic heterocycles. The lowest BCUT2D eigenvalue weighted by molar-refractivity contribution is -0.131. The van der Waals surface area contributed by atoms with E-state index in [4.69, 9.17) is 0 Å². The van der Waals surface area contributed by atoms with Crippen LogP contribution in [-0.2, 0) is 11.3 Å². The Kier molecular flexibility index (Phi) is 5.37. The topological polar surface area (TPSA) is 86.4 Å². The van der Waals surface area contributed by atoms with Crippen LogP contribution in [0.5, 0.6) is 0 Å². The maximum absolute atomic E-state index is 12.5. The van der Waals surface area contributed by atoms with Crippen LogP contribution in [0.25, 0.3) is 10.9 Å². The molecule has 2 heterocycles. The van der Waals surface area contributed by atoms with Gasteiger partial charge in [0.15, 0.2) is 0 Å². The van der Waals surface area contributed by atoms with Crippen molar-refractivity contribution in [1.82, 2.24) is 19.8 Å². The summed E-state index contributed by atoms with van der Waals surface area (Å²) in [6, 6.07) is 7.12. The van der Waals surface area contributed by atoms with Crippen LogP contribution in [0.4, 0.5) is 4.79 Å². The van der Waals surface area contributed by atoms with Gasteiger partial charge in [0, 0.05) is 31.8 Å². The van der Waals surface area contributed by atoms with Gasteiger partial charge < -0.3 is 14.8 Å². The lowest BCUT2D eigenvalue weighted by Gasteiger charge is -2.22. The fraction of sp³-hybridized carbons (Fsp3) is 0.412. The van der Waals surface area contributed by atoms with Gasteiger partial charge in [-0.05, 0) is 19.1 Å². The molecule has 1 aromatic carbocycles. The van der Waals surface area contributed by atoms with Crippen LogP contribution in [0.2, 0.25) is 0 Å². The third kappa shape index (κ3) is 4.01. The van der Waals surface area contributed by atoms with Crippen LogP contribution in [-0.4, -0.2) is 56.3 Å². The number of nitrogens with one attached hydrogen (secondary N) is 1. The molecule has 1 aliphatic rings. The molecule has 0 aliphatic carbocycles. The zero-order chi connectivity index (χ0) is 17.8. The Balaban J connectivity index is 1.68. The number of aromatic nitrogens is 2. The summed E-state index contributed by atoms with van der Waals surface area (Å²) in [6.45, 7) is 3.77. The molecule has 0 atom stereocenters. The number of carbonyl (C=O) groups is 2. The Hall–Kier alpha value is -2.35. The van der Waals surface area contributed by atoms with E-state index in [2.05, 4.69) is 9.97 Å². The number of nitrogens with zero attached hydrogens (tertiary/aromatic N) is 3. The molecule has 0 radical (unpaired) electrons. The third-order valence-corrected chi connectivity index (χ3v) is 5.07. The van der Waals surface area contributed by atoms with Gasteiger partial charge in [0.2, 0.25) is 5.91 Å². The van der Waals surface area contributed by atoms with Crippen molar-refractivity contribution in [2.45, 2.75) is 19.9 Å². The summed E-state index contributed by atoms with van der Waals surface area (Å²) >= 11 is 1.29. The molecule has 1 N–H and O–H groups in total. The van der Waals surface area contributed by atoms with Crippen molar-refractivity contribution in [2.24, 2.45) is 0 Å². The van der Waals surface area contributed by atoms with Crippen LogP contribution < -0.4 is 5.56 Å². The molecule has 2 aromatic rings. The zero-order valence-electron chi connectivity index (χ0n) is 14.0. The van der Waals surface area contributed by atoms with Gasteiger partial charge in [-0.3, -0.25) is 14.4 Å². The first kappa shape index (κ1) is 17.5. The highest BCUT2D eigenvalue weighted by atomic mass is 32.2. The maximum Gasteiger partial charge on any atom is 0.281 e. The predicted octanol–water partition coefficient (Wildman–Crippen LogP) is 1.83. The number of para-hydroxylation sites is 1. The number of hydrogen-bond donors (Lipinski definition) is 1. The Morgan fingerprint density at radius 3 is 2.88 bits per heavy atom. The summed E-state index contributed by atoms with van der Waals surface area (Å²) in [5.41, 5.74) is 0.410. The number of rotatable bonds is 6. The van der Waals surface area contributed by atoms with E-state index in [1.165, 1.54) is 11.8 Å². The van der Waals surface area contributed by atoms with E-state index in [0.717, 1.165) is 5.75 Å². The second-order valence-corrected chi connectivity index (χ2v) is 6.84. The van der Waals surface area contributed by atoms with Crippen LogP contribution in [0, 0.1) is 0 Å². The molecule has 1 aromatic heterocycles. The standard InChI is InChI=1S/C17H20N4O3S/c1-2-20(15(22)7-8-21-9-10-25-17(21)24)11-14-18-13-6-4-3-5-12(13)16(23)19-14/h3-6H,2,7-11H2,1H3,(H,18,19,23). The molecular formula is C17H20N4O3S. The van der Waals surface area contributed by atoms with Crippen molar-refractivity contribution in [2.75, 3.05) is 25.4 Å². The largest absolute Gasteiger partial charge is 0.335 e. The van der Waals surface area contributed by atoms with Crippen molar-refractivity contribution >= 4 is 33.8 Å². The minimum absolute atomic E-state index is 0.0383. The van der Waals surface area contributed by atoms with Crippen LogP contribution in [0.15, 0.2) is 29.1 Å². The van der Waals surface area contributed by atoms with Crippen molar-refractivity contribution < 1.29 is 9.59 Å². The van der Waals surface area contributed by atoms with E-state index in [9.17, 15) is 14.4 Å². The van der Waals surface area contributed by atoms with Crippen LogP contribution in [0.3, 0.4) is 0 Å². The van der Waals surface area contributed by atoms with Gasteiger partial charge in [0.1, 0.15) is 5.82 Å².